The van der Waals surface area contributed by atoms with Gasteiger partial charge in [0, 0.05) is 6.04 Å². The van der Waals surface area contributed by atoms with Gasteiger partial charge in [0.25, 0.3) is 0 Å². The number of hydrogen-bond acceptors (Lipinski definition) is 5. The van der Waals surface area contributed by atoms with E-state index in [0.29, 0.717) is 12.8 Å². The molecule has 1 aliphatic rings. The Hall–Kier alpha value is -1.40. The van der Waals surface area contributed by atoms with Crippen LogP contribution in [0.5, 0.6) is 0 Å². The zero-order chi connectivity index (χ0) is 15.5. The average Bonchev–Trinajstić information content (AvgIpc) is 2.45. The highest BCUT2D eigenvalue weighted by Gasteiger charge is 2.38. The van der Waals surface area contributed by atoms with Gasteiger partial charge in [0.15, 0.2) is 9.84 Å². The van der Waals surface area contributed by atoms with E-state index in [1.54, 1.807) is 14.0 Å². The molecule has 0 bridgehead atoms. The minimum atomic E-state index is -3.55. The first kappa shape index (κ1) is 16.0. The molecule has 0 amide bonds. The summed E-state index contributed by atoms with van der Waals surface area (Å²) in [5.41, 5.74) is 2.17. The summed E-state index contributed by atoms with van der Waals surface area (Å²) in [6, 6.07) is 7.55. The Morgan fingerprint density at radius 3 is 2.76 bits per heavy atom. The molecule has 0 aliphatic heterocycles. The Labute approximate surface area is 125 Å². The molecule has 0 saturated heterocycles. The summed E-state index contributed by atoms with van der Waals surface area (Å²) < 4.78 is 29.8. The number of nitrogens with one attached hydrogen (secondary N) is 1. The summed E-state index contributed by atoms with van der Waals surface area (Å²) in [4.78, 5) is 11.5. The predicted octanol–water partition coefficient (Wildman–Crippen LogP) is 1.24. The summed E-state index contributed by atoms with van der Waals surface area (Å²) in [5, 5.41) is 2.49. The summed E-state index contributed by atoms with van der Waals surface area (Å²) >= 11 is 0. The number of ether oxygens (including phenoxy) is 1. The van der Waals surface area contributed by atoms with Crippen LogP contribution in [0.25, 0.3) is 0 Å². The van der Waals surface area contributed by atoms with Crippen LogP contribution in [0.1, 0.15) is 30.5 Å². The number of hydrogen-bond donors (Lipinski definition) is 1. The van der Waals surface area contributed by atoms with E-state index in [4.69, 9.17) is 4.74 Å². The molecule has 1 aliphatic carbocycles. The highest BCUT2D eigenvalue weighted by Crippen LogP contribution is 2.34. The Morgan fingerprint density at radius 1 is 1.38 bits per heavy atom. The van der Waals surface area contributed by atoms with Crippen molar-refractivity contribution >= 4 is 15.8 Å². The molecule has 5 nitrogen and oxygen atoms in total. The topological polar surface area (TPSA) is 72.5 Å². The van der Waals surface area contributed by atoms with Gasteiger partial charge in [-0.25, -0.2) is 8.42 Å². The maximum Gasteiger partial charge on any atom is 0.321 e. The van der Waals surface area contributed by atoms with Crippen molar-refractivity contribution in [3.05, 3.63) is 35.4 Å². The van der Waals surface area contributed by atoms with Crippen molar-refractivity contribution in [2.45, 2.75) is 31.1 Å². The van der Waals surface area contributed by atoms with Gasteiger partial charge in [-0.3, -0.25) is 4.79 Å². The van der Waals surface area contributed by atoms with Crippen LogP contribution in [0.2, 0.25) is 0 Å². The maximum absolute atomic E-state index is 12.5. The number of benzene rings is 1. The standard InChI is InChI=1S/C15H21NO4S/c1-3-20-14(17)10-21(18,19)13-9-8-11-6-4-5-7-12(11)15(13)16-2/h4-7,13,15-16H,3,8-10H2,1-2H3. The van der Waals surface area contributed by atoms with Gasteiger partial charge >= 0.3 is 5.97 Å². The van der Waals surface area contributed by atoms with Crippen LogP contribution < -0.4 is 5.32 Å². The zero-order valence-corrected chi connectivity index (χ0v) is 13.2. The van der Waals surface area contributed by atoms with E-state index < -0.39 is 26.8 Å². The van der Waals surface area contributed by atoms with Crippen molar-refractivity contribution in [1.82, 2.24) is 5.32 Å². The van der Waals surface area contributed by atoms with E-state index in [-0.39, 0.29) is 12.6 Å². The minimum absolute atomic E-state index is 0.192. The van der Waals surface area contributed by atoms with Gasteiger partial charge in [-0.2, -0.15) is 0 Å². The minimum Gasteiger partial charge on any atom is -0.465 e. The van der Waals surface area contributed by atoms with E-state index in [0.717, 1.165) is 5.56 Å². The molecule has 116 valence electrons. The van der Waals surface area contributed by atoms with Crippen molar-refractivity contribution in [2.75, 3.05) is 19.4 Å². The molecule has 1 aromatic carbocycles. The molecule has 0 saturated carbocycles. The van der Waals surface area contributed by atoms with Crippen molar-refractivity contribution in [3.8, 4) is 0 Å². The summed E-state index contributed by atoms with van der Waals surface area (Å²) in [6.45, 7) is 1.86. The SMILES string of the molecule is CCOC(=O)CS(=O)(=O)C1CCc2ccccc2C1NC. The molecule has 6 heteroatoms. The number of sulfone groups is 1. The van der Waals surface area contributed by atoms with Gasteiger partial charge in [0.1, 0.15) is 5.75 Å². The van der Waals surface area contributed by atoms with Crippen molar-refractivity contribution in [3.63, 3.8) is 0 Å². The Kier molecular flexibility index (Phi) is 5.00. The summed E-state index contributed by atoms with van der Waals surface area (Å²) in [7, 11) is -1.80. The van der Waals surface area contributed by atoms with Gasteiger partial charge in [-0.05, 0) is 37.9 Å². The van der Waals surface area contributed by atoms with Gasteiger partial charge in [-0.15, -0.1) is 0 Å². The first-order valence-corrected chi connectivity index (χ1v) is 8.83. The molecule has 21 heavy (non-hydrogen) atoms. The molecule has 2 rings (SSSR count). The molecule has 0 radical (unpaired) electrons. The third-order valence-corrected chi connectivity index (χ3v) is 5.93. The number of esters is 1. The van der Waals surface area contributed by atoms with Crippen LogP contribution in [0, 0.1) is 0 Å². The monoisotopic (exact) mass is 311 g/mol. The summed E-state index contributed by atoms with van der Waals surface area (Å²) in [6.07, 6.45) is 1.23. The first-order valence-electron chi connectivity index (χ1n) is 7.12. The molecule has 1 aromatic rings. The lowest BCUT2D eigenvalue weighted by Crippen LogP contribution is -2.41. The van der Waals surface area contributed by atoms with E-state index in [9.17, 15) is 13.2 Å². The van der Waals surface area contributed by atoms with Crippen LogP contribution in [0.3, 0.4) is 0 Å². The fourth-order valence-electron chi connectivity index (χ4n) is 2.93. The molecule has 1 N–H and O–H groups in total. The number of aryl methyl sites for hydroxylation is 1. The number of carbonyl (C=O) groups is 1. The zero-order valence-electron chi connectivity index (χ0n) is 12.3. The highest BCUT2D eigenvalue weighted by molar-refractivity contribution is 7.92. The fraction of sp³-hybridized carbons (Fsp3) is 0.533. The van der Waals surface area contributed by atoms with E-state index in [1.807, 2.05) is 24.3 Å². The molecular formula is C15H21NO4S. The fourth-order valence-corrected chi connectivity index (χ4v) is 4.73. The second-order valence-corrected chi connectivity index (χ2v) is 7.37. The second kappa shape index (κ2) is 6.58. The van der Waals surface area contributed by atoms with E-state index in [2.05, 4.69) is 5.32 Å². The van der Waals surface area contributed by atoms with Crippen molar-refractivity contribution in [1.29, 1.82) is 0 Å². The molecule has 2 atom stereocenters. The lowest BCUT2D eigenvalue weighted by atomic mass is 9.87. The van der Waals surface area contributed by atoms with Gasteiger partial charge < -0.3 is 10.1 Å². The molecule has 2 unspecified atom stereocenters. The molecule has 0 spiro atoms. The van der Waals surface area contributed by atoms with Crippen LogP contribution in [-0.2, 0) is 25.8 Å². The molecule has 0 fully saturated rings. The maximum atomic E-state index is 12.5. The first-order chi connectivity index (χ1) is 9.99. The van der Waals surface area contributed by atoms with Crippen LogP contribution >= 0.6 is 0 Å². The molecule has 0 heterocycles. The van der Waals surface area contributed by atoms with Crippen molar-refractivity contribution < 1.29 is 17.9 Å². The predicted molar refractivity (Wildman–Crippen MR) is 80.8 cm³/mol. The Bertz CT molecular complexity index is 612. The second-order valence-electron chi connectivity index (χ2n) is 5.15. The van der Waals surface area contributed by atoms with Gasteiger partial charge in [-0.1, -0.05) is 24.3 Å². The average molecular weight is 311 g/mol. The quantitative estimate of drug-likeness (QED) is 0.828. The largest absolute Gasteiger partial charge is 0.465 e. The lowest BCUT2D eigenvalue weighted by molar-refractivity contribution is -0.139. The van der Waals surface area contributed by atoms with Crippen LogP contribution in [0.4, 0.5) is 0 Å². The Balaban J connectivity index is 2.26. The number of rotatable bonds is 5. The van der Waals surface area contributed by atoms with Gasteiger partial charge in [0.05, 0.1) is 11.9 Å². The highest BCUT2D eigenvalue weighted by atomic mass is 32.2. The normalized spacial score (nSPS) is 21.6. The van der Waals surface area contributed by atoms with Crippen LogP contribution in [0.15, 0.2) is 24.3 Å². The van der Waals surface area contributed by atoms with Gasteiger partial charge in [0.2, 0.25) is 0 Å². The van der Waals surface area contributed by atoms with E-state index >= 15 is 0 Å². The lowest BCUT2D eigenvalue weighted by Gasteiger charge is -2.32. The van der Waals surface area contributed by atoms with Crippen LogP contribution in [-0.4, -0.2) is 39.0 Å². The Morgan fingerprint density at radius 2 is 2.10 bits per heavy atom. The molecule has 0 aromatic heterocycles. The molecular weight excluding hydrogens is 290 g/mol. The van der Waals surface area contributed by atoms with E-state index in [1.165, 1.54) is 5.56 Å². The smallest absolute Gasteiger partial charge is 0.321 e. The van der Waals surface area contributed by atoms with Crippen molar-refractivity contribution in [2.24, 2.45) is 0 Å². The number of fused-ring (bicyclic) bond motifs is 1. The number of carbonyl (C=O) groups excluding carboxylic acids is 1. The third-order valence-electron chi connectivity index (χ3n) is 3.86. The summed E-state index contributed by atoms with van der Waals surface area (Å²) in [5.74, 6) is -1.22. The third kappa shape index (κ3) is 3.44.